The zero-order valence-electron chi connectivity index (χ0n) is 7.33. The summed E-state index contributed by atoms with van der Waals surface area (Å²) in [6, 6.07) is 0. The Bertz CT molecular complexity index is 290. The van der Waals surface area contributed by atoms with Crippen molar-refractivity contribution in [2.24, 2.45) is 5.92 Å². The third-order valence-corrected chi connectivity index (χ3v) is 1.87. The number of Topliss-reactive ketones (excluding diaryl/α,β-unsaturated/α-hetero) is 1. The van der Waals surface area contributed by atoms with Crippen molar-refractivity contribution in [1.29, 1.82) is 0 Å². The molecule has 4 nitrogen and oxygen atoms in total. The van der Waals surface area contributed by atoms with Gasteiger partial charge in [0, 0.05) is 6.42 Å². The first-order chi connectivity index (χ1) is 6.02. The van der Waals surface area contributed by atoms with Gasteiger partial charge in [-0.1, -0.05) is 6.58 Å². The summed E-state index contributed by atoms with van der Waals surface area (Å²) in [5.41, 5.74) is 0.316. The second kappa shape index (κ2) is 3.51. The number of carbonyl (C=O) groups is 3. The molecular formula is C9H10O4. The summed E-state index contributed by atoms with van der Waals surface area (Å²) in [4.78, 5) is 33.0. The second-order valence-corrected chi connectivity index (χ2v) is 3.03. The third kappa shape index (κ3) is 2.02. The first kappa shape index (κ1) is 9.64. The standard InChI is InChI=1S/C9H10O4/c1-5(2)8(11)6-3-4-7(10)13-9(6)12/h6H,1,3-4H2,2H3. The van der Waals surface area contributed by atoms with Gasteiger partial charge in [0.15, 0.2) is 5.78 Å². The fraction of sp³-hybridized carbons (Fsp3) is 0.444. The molecule has 1 fully saturated rings. The van der Waals surface area contributed by atoms with Gasteiger partial charge in [-0.15, -0.1) is 0 Å². The summed E-state index contributed by atoms with van der Waals surface area (Å²) >= 11 is 0. The van der Waals surface area contributed by atoms with E-state index in [0.717, 1.165) is 0 Å². The van der Waals surface area contributed by atoms with Gasteiger partial charge in [-0.25, -0.2) is 0 Å². The Morgan fingerprint density at radius 2 is 2.15 bits per heavy atom. The molecule has 1 aliphatic rings. The van der Waals surface area contributed by atoms with E-state index in [2.05, 4.69) is 11.3 Å². The summed E-state index contributed by atoms with van der Waals surface area (Å²) in [6.07, 6.45) is 0.360. The number of cyclic esters (lactones) is 2. The van der Waals surface area contributed by atoms with Gasteiger partial charge < -0.3 is 4.74 Å². The number of rotatable bonds is 2. The van der Waals surface area contributed by atoms with E-state index < -0.39 is 17.9 Å². The van der Waals surface area contributed by atoms with Crippen LogP contribution < -0.4 is 0 Å². The highest BCUT2D eigenvalue weighted by Crippen LogP contribution is 2.19. The van der Waals surface area contributed by atoms with Crippen LogP contribution in [0.3, 0.4) is 0 Å². The summed E-state index contributed by atoms with van der Waals surface area (Å²) in [5, 5.41) is 0. The van der Waals surface area contributed by atoms with Gasteiger partial charge in [-0.3, -0.25) is 14.4 Å². The predicted molar refractivity (Wildman–Crippen MR) is 43.6 cm³/mol. The largest absolute Gasteiger partial charge is 0.393 e. The number of hydrogen-bond acceptors (Lipinski definition) is 4. The maximum absolute atomic E-state index is 11.3. The van der Waals surface area contributed by atoms with Crippen LogP contribution >= 0.6 is 0 Å². The van der Waals surface area contributed by atoms with Crippen molar-refractivity contribution in [3.63, 3.8) is 0 Å². The van der Waals surface area contributed by atoms with Crippen molar-refractivity contribution in [2.75, 3.05) is 0 Å². The van der Waals surface area contributed by atoms with Crippen molar-refractivity contribution in [1.82, 2.24) is 0 Å². The Balaban J connectivity index is 2.72. The average molecular weight is 182 g/mol. The van der Waals surface area contributed by atoms with E-state index in [1.165, 1.54) is 6.92 Å². The molecule has 1 rings (SSSR count). The maximum Gasteiger partial charge on any atom is 0.324 e. The van der Waals surface area contributed by atoms with Gasteiger partial charge in [0.05, 0.1) is 0 Å². The van der Waals surface area contributed by atoms with Gasteiger partial charge in [-0.05, 0) is 18.9 Å². The molecule has 4 heteroatoms. The maximum atomic E-state index is 11.3. The normalized spacial score (nSPS) is 22.4. The zero-order valence-corrected chi connectivity index (χ0v) is 7.33. The molecule has 1 aliphatic heterocycles. The molecule has 0 saturated carbocycles. The Morgan fingerprint density at radius 3 is 2.62 bits per heavy atom. The van der Waals surface area contributed by atoms with Crippen molar-refractivity contribution < 1.29 is 19.1 Å². The first-order valence-corrected chi connectivity index (χ1v) is 3.96. The van der Waals surface area contributed by atoms with Crippen LogP contribution in [0.5, 0.6) is 0 Å². The lowest BCUT2D eigenvalue weighted by atomic mass is 9.93. The highest BCUT2D eigenvalue weighted by atomic mass is 16.6. The van der Waals surface area contributed by atoms with E-state index >= 15 is 0 Å². The molecule has 1 atom stereocenters. The summed E-state index contributed by atoms with van der Waals surface area (Å²) in [5.74, 6) is -2.47. The van der Waals surface area contributed by atoms with E-state index in [0.29, 0.717) is 5.57 Å². The average Bonchev–Trinajstić information content (AvgIpc) is 2.03. The van der Waals surface area contributed by atoms with Crippen LogP contribution in [-0.4, -0.2) is 17.7 Å². The molecule has 0 bridgehead atoms. The van der Waals surface area contributed by atoms with E-state index in [-0.39, 0.29) is 18.6 Å². The number of allylic oxidation sites excluding steroid dienone is 1. The minimum absolute atomic E-state index is 0.120. The Labute approximate surface area is 75.6 Å². The van der Waals surface area contributed by atoms with Gasteiger partial charge >= 0.3 is 11.9 Å². The predicted octanol–water partition coefficient (Wildman–Crippen LogP) is 0.611. The lowest BCUT2D eigenvalue weighted by Crippen LogP contribution is -2.33. The molecule has 0 spiro atoms. The molecule has 0 aromatic heterocycles. The van der Waals surface area contributed by atoms with Crippen molar-refractivity contribution in [2.45, 2.75) is 19.8 Å². The quantitative estimate of drug-likeness (QED) is 0.356. The lowest BCUT2D eigenvalue weighted by Gasteiger charge is -2.17. The monoisotopic (exact) mass is 182 g/mol. The minimum atomic E-state index is -0.824. The van der Waals surface area contributed by atoms with Crippen LogP contribution in [0, 0.1) is 5.92 Å². The van der Waals surface area contributed by atoms with Crippen LogP contribution in [0.1, 0.15) is 19.8 Å². The van der Waals surface area contributed by atoms with Crippen LogP contribution in [0.4, 0.5) is 0 Å². The van der Waals surface area contributed by atoms with Gasteiger partial charge in [-0.2, -0.15) is 0 Å². The fourth-order valence-corrected chi connectivity index (χ4v) is 1.15. The summed E-state index contributed by atoms with van der Waals surface area (Å²) in [6.45, 7) is 4.98. The number of hydrogen-bond donors (Lipinski definition) is 0. The molecule has 70 valence electrons. The van der Waals surface area contributed by atoms with Crippen molar-refractivity contribution in [3.05, 3.63) is 12.2 Å². The molecule has 0 aromatic rings. The Hall–Kier alpha value is -1.45. The Morgan fingerprint density at radius 1 is 1.54 bits per heavy atom. The van der Waals surface area contributed by atoms with Crippen molar-refractivity contribution in [3.8, 4) is 0 Å². The molecule has 0 aliphatic carbocycles. The van der Waals surface area contributed by atoms with Gasteiger partial charge in [0.1, 0.15) is 5.92 Å². The second-order valence-electron chi connectivity index (χ2n) is 3.03. The number of carbonyl (C=O) groups excluding carboxylic acids is 3. The van der Waals surface area contributed by atoms with Gasteiger partial charge in [0.2, 0.25) is 0 Å². The molecule has 1 saturated heterocycles. The van der Waals surface area contributed by atoms with Crippen LogP contribution in [0.15, 0.2) is 12.2 Å². The molecule has 1 heterocycles. The summed E-state index contributed by atoms with van der Waals surface area (Å²) < 4.78 is 4.33. The van der Waals surface area contributed by atoms with Crippen LogP contribution in [0.2, 0.25) is 0 Å². The smallest absolute Gasteiger partial charge is 0.324 e. The van der Waals surface area contributed by atoms with Crippen LogP contribution in [0.25, 0.3) is 0 Å². The topological polar surface area (TPSA) is 60.4 Å². The number of esters is 2. The molecule has 0 aromatic carbocycles. The summed E-state index contributed by atoms with van der Waals surface area (Å²) in [7, 11) is 0. The molecule has 13 heavy (non-hydrogen) atoms. The van der Waals surface area contributed by atoms with Crippen LogP contribution in [-0.2, 0) is 19.1 Å². The minimum Gasteiger partial charge on any atom is -0.393 e. The highest BCUT2D eigenvalue weighted by Gasteiger charge is 2.34. The number of ketones is 1. The SMILES string of the molecule is C=C(C)C(=O)C1CCC(=O)OC1=O. The highest BCUT2D eigenvalue weighted by molar-refractivity contribution is 6.10. The fourth-order valence-electron chi connectivity index (χ4n) is 1.15. The molecule has 0 amide bonds. The first-order valence-electron chi connectivity index (χ1n) is 3.96. The van der Waals surface area contributed by atoms with E-state index in [9.17, 15) is 14.4 Å². The molecule has 0 radical (unpaired) electrons. The molecule has 1 unspecified atom stereocenters. The third-order valence-electron chi connectivity index (χ3n) is 1.87. The molecular weight excluding hydrogens is 172 g/mol. The van der Waals surface area contributed by atoms with E-state index in [1.807, 2.05) is 0 Å². The van der Waals surface area contributed by atoms with E-state index in [1.54, 1.807) is 0 Å². The Kier molecular flexibility index (Phi) is 2.60. The van der Waals surface area contributed by atoms with Crippen molar-refractivity contribution >= 4 is 17.7 Å². The number of ether oxygens (including phenoxy) is 1. The van der Waals surface area contributed by atoms with E-state index in [4.69, 9.17) is 0 Å². The molecule has 0 N–H and O–H groups in total. The van der Waals surface area contributed by atoms with Gasteiger partial charge in [0.25, 0.3) is 0 Å². The zero-order chi connectivity index (χ0) is 10.0. The lowest BCUT2D eigenvalue weighted by molar-refractivity contribution is -0.168.